The maximum absolute atomic E-state index is 8.93. The minimum atomic E-state index is 0.214. The molecule has 1 aromatic rings. The van der Waals surface area contributed by atoms with Crippen molar-refractivity contribution in [1.82, 2.24) is 0 Å². The Bertz CT molecular complexity index is 359. The van der Waals surface area contributed by atoms with Gasteiger partial charge in [0.2, 0.25) is 0 Å². The summed E-state index contributed by atoms with van der Waals surface area (Å²) in [4.78, 5) is 0. The van der Waals surface area contributed by atoms with Crippen LogP contribution in [0.15, 0.2) is 12.1 Å². The van der Waals surface area contributed by atoms with Crippen LogP contribution in [-0.4, -0.2) is 25.9 Å². The molecule has 0 amide bonds. The van der Waals surface area contributed by atoms with Gasteiger partial charge < -0.3 is 14.6 Å². The smallest absolute Gasteiger partial charge is 0.161 e. The van der Waals surface area contributed by atoms with Crippen LogP contribution in [0.25, 0.3) is 0 Å². The van der Waals surface area contributed by atoms with Crippen LogP contribution in [0.4, 0.5) is 0 Å². The standard InChI is InChI=1S/C14H22O3/c1-10(2)12-9-14(17-4)13(16-3)8-11(12)6-5-7-15/h8-10,15H,5-7H2,1-4H3. The maximum atomic E-state index is 8.93. The van der Waals surface area contributed by atoms with E-state index in [9.17, 15) is 0 Å². The summed E-state index contributed by atoms with van der Waals surface area (Å²) in [6.07, 6.45) is 1.64. The SMILES string of the molecule is COc1cc(CCCO)c(C(C)C)cc1OC. The van der Waals surface area contributed by atoms with E-state index in [-0.39, 0.29) is 6.61 Å². The Kier molecular flexibility index (Phi) is 5.29. The summed E-state index contributed by atoms with van der Waals surface area (Å²) in [5, 5.41) is 8.93. The van der Waals surface area contributed by atoms with Gasteiger partial charge in [-0.2, -0.15) is 0 Å². The van der Waals surface area contributed by atoms with Crippen LogP contribution >= 0.6 is 0 Å². The monoisotopic (exact) mass is 238 g/mol. The molecule has 0 fully saturated rings. The number of aliphatic hydroxyl groups is 1. The van der Waals surface area contributed by atoms with E-state index in [1.807, 2.05) is 12.1 Å². The zero-order chi connectivity index (χ0) is 12.8. The summed E-state index contributed by atoms with van der Waals surface area (Å²) in [5.41, 5.74) is 2.49. The second-order valence-electron chi connectivity index (χ2n) is 4.39. The molecule has 96 valence electrons. The van der Waals surface area contributed by atoms with Crippen molar-refractivity contribution in [3.05, 3.63) is 23.3 Å². The minimum absolute atomic E-state index is 0.214. The van der Waals surface area contributed by atoms with Crippen molar-refractivity contribution >= 4 is 0 Å². The number of aryl methyl sites for hydroxylation is 1. The number of hydrogen-bond acceptors (Lipinski definition) is 3. The van der Waals surface area contributed by atoms with Crippen LogP contribution in [0.5, 0.6) is 11.5 Å². The Balaban J connectivity index is 3.15. The van der Waals surface area contributed by atoms with Crippen LogP contribution in [-0.2, 0) is 6.42 Å². The summed E-state index contributed by atoms with van der Waals surface area (Å²) in [7, 11) is 3.29. The van der Waals surface area contributed by atoms with Gasteiger partial charge in [-0.3, -0.25) is 0 Å². The third-order valence-corrected chi connectivity index (χ3v) is 2.87. The number of benzene rings is 1. The molecule has 0 atom stereocenters. The maximum Gasteiger partial charge on any atom is 0.161 e. The van der Waals surface area contributed by atoms with Crippen molar-refractivity contribution in [2.24, 2.45) is 0 Å². The second-order valence-corrected chi connectivity index (χ2v) is 4.39. The molecule has 0 aromatic heterocycles. The molecule has 1 rings (SSSR count). The molecular formula is C14H22O3. The molecule has 0 unspecified atom stereocenters. The molecule has 0 spiro atoms. The third kappa shape index (κ3) is 3.37. The summed E-state index contributed by atoms with van der Waals surface area (Å²) in [5.74, 6) is 1.96. The molecule has 0 bridgehead atoms. The lowest BCUT2D eigenvalue weighted by atomic mass is 9.94. The number of aliphatic hydroxyl groups excluding tert-OH is 1. The van der Waals surface area contributed by atoms with Crippen LogP contribution in [0.3, 0.4) is 0 Å². The highest BCUT2D eigenvalue weighted by Gasteiger charge is 2.13. The van der Waals surface area contributed by atoms with Crippen LogP contribution < -0.4 is 9.47 Å². The van der Waals surface area contributed by atoms with Crippen molar-refractivity contribution in [3.63, 3.8) is 0 Å². The lowest BCUT2D eigenvalue weighted by molar-refractivity contribution is 0.288. The van der Waals surface area contributed by atoms with E-state index in [0.29, 0.717) is 5.92 Å². The molecular weight excluding hydrogens is 216 g/mol. The van der Waals surface area contributed by atoms with Crippen molar-refractivity contribution in [1.29, 1.82) is 0 Å². The van der Waals surface area contributed by atoms with Crippen molar-refractivity contribution in [3.8, 4) is 11.5 Å². The van der Waals surface area contributed by atoms with E-state index in [4.69, 9.17) is 14.6 Å². The molecule has 0 aliphatic carbocycles. The average molecular weight is 238 g/mol. The van der Waals surface area contributed by atoms with E-state index < -0.39 is 0 Å². The van der Waals surface area contributed by atoms with Crippen LogP contribution in [0, 0.1) is 0 Å². The number of methoxy groups -OCH3 is 2. The molecule has 0 saturated carbocycles. The molecule has 0 saturated heterocycles. The molecule has 1 aromatic carbocycles. The van der Waals surface area contributed by atoms with Crippen LogP contribution in [0.1, 0.15) is 37.3 Å². The number of hydrogen-bond donors (Lipinski definition) is 1. The molecule has 0 radical (unpaired) electrons. The number of rotatable bonds is 6. The van der Waals surface area contributed by atoms with E-state index in [1.54, 1.807) is 14.2 Å². The second kappa shape index (κ2) is 6.50. The summed E-state index contributed by atoms with van der Waals surface area (Å²) in [6.45, 7) is 4.53. The van der Waals surface area contributed by atoms with Gasteiger partial charge in [0.15, 0.2) is 11.5 Å². The fourth-order valence-corrected chi connectivity index (χ4v) is 1.96. The van der Waals surface area contributed by atoms with Crippen molar-refractivity contribution in [2.45, 2.75) is 32.6 Å². The fourth-order valence-electron chi connectivity index (χ4n) is 1.96. The van der Waals surface area contributed by atoms with E-state index in [1.165, 1.54) is 11.1 Å². The first-order valence-corrected chi connectivity index (χ1v) is 5.99. The normalized spacial score (nSPS) is 10.7. The lowest BCUT2D eigenvalue weighted by Crippen LogP contribution is -2.01. The molecule has 0 heterocycles. The molecule has 1 N–H and O–H groups in total. The predicted octanol–water partition coefficient (Wildman–Crippen LogP) is 2.75. The lowest BCUT2D eigenvalue weighted by Gasteiger charge is -2.17. The molecule has 0 aliphatic rings. The first kappa shape index (κ1) is 13.8. The van der Waals surface area contributed by atoms with Gasteiger partial charge in [0, 0.05) is 6.61 Å². The van der Waals surface area contributed by atoms with Gasteiger partial charge in [-0.25, -0.2) is 0 Å². The van der Waals surface area contributed by atoms with Crippen LogP contribution in [0.2, 0.25) is 0 Å². The van der Waals surface area contributed by atoms with Gasteiger partial charge in [-0.15, -0.1) is 0 Å². The predicted molar refractivity (Wildman–Crippen MR) is 69.0 cm³/mol. The molecule has 3 nitrogen and oxygen atoms in total. The summed E-state index contributed by atoms with van der Waals surface area (Å²) < 4.78 is 10.6. The summed E-state index contributed by atoms with van der Waals surface area (Å²) in [6, 6.07) is 4.06. The van der Waals surface area contributed by atoms with Gasteiger partial charge in [-0.1, -0.05) is 13.8 Å². The zero-order valence-corrected chi connectivity index (χ0v) is 11.1. The van der Waals surface area contributed by atoms with E-state index in [0.717, 1.165) is 24.3 Å². The highest BCUT2D eigenvalue weighted by molar-refractivity contribution is 5.48. The quantitative estimate of drug-likeness (QED) is 0.828. The number of ether oxygens (including phenoxy) is 2. The highest BCUT2D eigenvalue weighted by Crippen LogP contribution is 2.34. The molecule has 17 heavy (non-hydrogen) atoms. The van der Waals surface area contributed by atoms with Crippen molar-refractivity contribution < 1.29 is 14.6 Å². The van der Waals surface area contributed by atoms with Gasteiger partial charge in [0.25, 0.3) is 0 Å². The largest absolute Gasteiger partial charge is 0.493 e. The Morgan fingerprint density at radius 1 is 1.12 bits per heavy atom. The summed E-state index contributed by atoms with van der Waals surface area (Å²) >= 11 is 0. The topological polar surface area (TPSA) is 38.7 Å². The van der Waals surface area contributed by atoms with Gasteiger partial charge in [-0.05, 0) is 42.0 Å². The average Bonchev–Trinajstić information content (AvgIpc) is 2.34. The Morgan fingerprint density at radius 3 is 2.18 bits per heavy atom. The first-order chi connectivity index (χ1) is 8.13. The Labute approximate surface area is 103 Å². The molecule has 0 aliphatic heterocycles. The minimum Gasteiger partial charge on any atom is -0.493 e. The zero-order valence-electron chi connectivity index (χ0n) is 11.1. The van der Waals surface area contributed by atoms with Crippen molar-refractivity contribution in [2.75, 3.05) is 20.8 Å². The molecule has 3 heteroatoms. The van der Waals surface area contributed by atoms with Gasteiger partial charge >= 0.3 is 0 Å². The third-order valence-electron chi connectivity index (χ3n) is 2.87. The highest BCUT2D eigenvalue weighted by atomic mass is 16.5. The van der Waals surface area contributed by atoms with Gasteiger partial charge in [0.1, 0.15) is 0 Å². The van der Waals surface area contributed by atoms with Gasteiger partial charge in [0.05, 0.1) is 14.2 Å². The fraction of sp³-hybridized carbons (Fsp3) is 0.571. The Hall–Kier alpha value is -1.22. The first-order valence-electron chi connectivity index (χ1n) is 5.99. The van der Waals surface area contributed by atoms with E-state index in [2.05, 4.69) is 13.8 Å². The Morgan fingerprint density at radius 2 is 1.71 bits per heavy atom. The van der Waals surface area contributed by atoms with E-state index >= 15 is 0 Å².